The summed E-state index contributed by atoms with van der Waals surface area (Å²) in [6.07, 6.45) is -0.414. The Morgan fingerprint density at radius 3 is 2.63 bits per heavy atom. The molecule has 1 aromatic carbocycles. The first kappa shape index (κ1) is 16.1. The highest BCUT2D eigenvalue weighted by Crippen LogP contribution is 2.25. The predicted octanol–water partition coefficient (Wildman–Crippen LogP) is 4.04. The fourth-order valence-corrected chi connectivity index (χ4v) is 1.72. The van der Waals surface area contributed by atoms with E-state index in [9.17, 15) is 4.79 Å². The summed E-state index contributed by atoms with van der Waals surface area (Å²) in [7, 11) is 0. The zero-order valence-electron chi connectivity index (χ0n) is 11.2. The molecule has 106 valence electrons. The standard InChI is InChI=1S/C13H18BrClN2O2/c1-13(2,3)19-12(18)17-7-6-16-9-4-5-10(14)11(15)8-9/h4-5,8,16H,6-7H2,1-3H3,(H,17,18). The van der Waals surface area contributed by atoms with Crippen LogP contribution in [0.1, 0.15) is 20.8 Å². The maximum atomic E-state index is 11.4. The molecule has 0 fully saturated rings. The van der Waals surface area contributed by atoms with Crippen LogP contribution in [-0.4, -0.2) is 24.8 Å². The monoisotopic (exact) mass is 348 g/mol. The van der Waals surface area contributed by atoms with Crippen molar-refractivity contribution in [3.8, 4) is 0 Å². The van der Waals surface area contributed by atoms with Crippen LogP contribution in [0.4, 0.5) is 10.5 Å². The molecule has 4 nitrogen and oxygen atoms in total. The molecule has 2 N–H and O–H groups in total. The molecule has 0 heterocycles. The molecule has 1 rings (SSSR count). The Labute approximate surface area is 127 Å². The van der Waals surface area contributed by atoms with Crippen LogP contribution in [0.2, 0.25) is 5.02 Å². The highest BCUT2D eigenvalue weighted by Gasteiger charge is 2.15. The second kappa shape index (κ2) is 7.01. The van der Waals surface area contributed by atoms with Crippen molar-refractivity contribution in [3.63, 3.8) is 0 Å². The third kappa shape index (κ3) is 6.68. The zero-order chi connectivity index (χ0) is 14.5. The van der Waals surface area contributed by atoms with Crippen LogP contribution in [-0.2, 0) is 4.74 Å². The Bertz CT molecular complexity index is 447. The number of hydrogen-bond acceptors (Lipinski definition) is 3. The van der Waals surface area contributed by atoms with E-state index < -0.39 is 11.7 Å². The maximum Gasteiger partial charge on any atom is 0.407 e. The van der Waals surface area contributed by atoms with Crippen LogP contribution >= 0.6 is 27.5 Å². The first-order valence-electron chi connectivity index (χ1n) is 5.94. The largest absolute Gasteiger partial charge is 0.444 e. The summed E-state index contributed by atoms with van der Waals surface area (Å²) in [6, 6.07) is 5.59. The molecule has 0 saturated carbocycles. The lowest BCUT2D eigenvalue weighted by Crippen LogP contribution is -2.34. The molecule has 0 aliphatic heterocycles. The van der Waals surface area contributed by atoms with Gasteiger partial charge in [0, 0.05) is 23.2 Å². The van der Waals surface area contributed by atoms with E-state index in [1.165, 1.54) is 0 Å². The van der Waals surface area contributed by atoms with Crippen LogP contribution < -0.4 is 10.6 Å². The SMILES string of the molecule is CC(C)(C)OC(=O)NCCNc1ccc(Br)c(Cl)c1. The summed E-state index contributed by atoms with van der Waals surface area (Å²) in [4.78, 5) is 11.4. The van der Waals surface area contributed by atoms with E-state index in [4.69, 9.17) is 16.3 Å². The van der Waals surface area contributed by atoms with E-state index in [2.05, 4.69) is 26.6 Å². The van der Waals surface area contributed by atoms with Crippen LogP contribution in [0.25, 0.3) is 0 Å². The number of carbonyl (C=O) groups is 1. The number of halogens is 2. The van der Waals surface area contributed by atoms with Gasteiger partial charge in [-0.25, -0.2) is 4.79 Å². The third-order valence-electron chi connectivity index (χ3n) is 2.04. The quantitative estimate of drug-likeness (QED) is 0.807. The normalized spacial score (nSPS) is 11.0. The number of alkyl carbamates (subject to hydrolysis) is 1. The summed E-state index contributed by atoms with van der Waals surface area (Å²) in [5.41, 5.74) is 0.427. The Hall–Kier alpha value is -0.940. The third-order valence-corrected chi connectivity index (χ3v) is 3.27. The van der Waals surface area contributed by atoms with E-state index in [-0.39, 0.29) is 0 Å². The van der Waals surface area contributed by atoms with Crippen LogP contribution in [0.15, 0.2) is 22.7 Å². The molecule has 0 saturated heterocycles. The van der Waals surface area contributed by atoms with Gasteiger partial charge in [0.05, 0.1) is 5.02 Å². The van der Waals surface area contributed by atoms with Crippen molar-refractivity contribution in [2.24, 2.45) is 0 Å². The maximum absolute atomic E-state index is 11.4. The van der Waals surface area contributed by atoms with Crippen LogP contribution in [0.3, 0.4) is 0 Å². The molecule has 0 radical (unpaired) electrons. The van der Waals surface area contributed by atoms with Crippen molar-refractivity contribution in [3.05, 3.63) is 27.7 Å². The number of benzene rings is 1. The van der Waals surface area contributed by atoms with Gasteiger partial charge in [-0.2, -0.15) is 0 Å². The number of ether oxygens (including phenoxy) is 1. The summed E-state index contributed by atoms with van der Waals surface area (Å²) < 4.78 is 5.97. The molecule has 0 aliphatic rings. The van der Waals surface area contributed by atoms with Gasteiger partial charge in [0.2, 0.25) is 0 Å². The van der Waals surface area contributed by atoms with Gasteiger partial charge in [0.15, 0.2) is 0 Å². The first-order chi connectivity index (χ1) is 8.78. The van der Waals surface area contributed by atoms with Gasteiger partial charge in [-0.1, -0.05) is 11.6 Å². The van der Waals surface area contributed by atoms with E-state index in [1.807, 2.05) is 39.0 Å². The van der Waals surface area contributed by atoms with Crippen molar-refractivity contribution in [1.82, 2.24) is 5.32 Å². The molecule has 0 unspecified atom stereocenters. The highest BCUT2D eigenvalue weighted by atomic mass is 79.9. The van der Waals surface area contributed by atoms with E-state index in [1.54, 1.807) is 0 Å². The van der Waals surface area contributed by atoms with Crippen molar-refractivity contribution >= 4 is 39.3 Å². The Morgan fingerprint density at radius 2 is 2.05 bits per heavy atom. The van der Waals surface area contributed by atoms with Gasteiger partial charge in [0.25, 0.3) is 0 Å². The Balaban J connectivity index is 2.27. The highest BCUT2D eigenvalue weighted by molar-refractivity contribution is 9.10. The van der Waals surface area contributed by atoms with E-state index in [0.717, 1.165) is 10.2 Å². The minimum atomic E-state index is -0.475. The first-order valence-corrected chi connectivity index (χ1v) is 7.11. The number of carbonyl (C=O) groups excluding carboxylic acids is 1. The molecule has 1 amide bonds. The number of hydrogen-bond donors (Lipinski definition) is 2. The second-order valence-electron chi connectivity index (χ2n) is 4.98. The van der Waals surface area contributed by atoms with Gasteiger partial charge in [0.1, 0.15) is 5.60 Å². The van der Waals surface area contributed by atoms with Gasteiger partial charge in [-0.3, -0.25) is 0 Å². The molecular formula is C13H18BrClN2O2. The molecule has 6 heteroatoms. The van der Waals surface area contributed by atoms with Crippen molar-refractivity contribution in [2.45, 2.75) is 26.4 Å². The Kier molecular flexibility index (Phi) is 5.94. The fourth-order valence-electron chi connectivity index (χ4n) is 1.29. The van der Waals surface area contributed by atoms with Crippen LogP contribution in [0, 0.1) is 0 Å². The topological polar surface area (TPSA) is 50.4 Å². The minimum Gasteiger partial charge on any atom is -0.444 e. The molecule has 0 aliphatic carbocycles. The average molecular weight is 350 g/mol. The van der Waals surface area contributed by atoms with Gasteiger partial charge in [-0.15, -0.1) is 0 Å². The number of anilines is 1. The predicted molar refractivity (Wildman–Crippen MR) is 81.9 cm³/mol. The minimum absolute atomic E-state index is 0.414. The summed E-state index contributed by atoms with van der Waals surface area (Å²) in [6.45, 7) is 6.55. The number of rotatable bonds is 4. The second-order valence-corrected chi connectivity index (χ2v) is 6.25. The van der Waals surface area contributed by atoms with Crippen molar-refractivity contribution in [1.29, 1.82) is 0 Å². The van der Waals surface area contributed by atoms with Crippen LogP contribution in [0.5, 0.6) is 0 Å². The molecule has 19 heavy (non-hydrogen) atoms. The van der Waals surface area contributed by atoms with Crippen molar-refractivity contribution < 1.29 is 9.53 Å². The molecule has 0 bridgehead atoms. The lowest BCUT2D eigenvalue weighted by molar-refractivity contribution is 0.0530. The molecule has 0 atom stereocenters. The van der Waals surface area contributed by atoms with Crippen molar-refractivity contribution in [2.75, 3.05) is 18.4 Å². The smallest absolute Gasteiger partial charge is 0.407 e. The number of nitrogens with one attached hydrogen (secondary N) is 2. The van der Waals surface area contributed by atoms with E-state index >= 15 is 0 Å². The van der Waals surface area contributed by atoms with E-state index in [0.29, 0.717) is 18.1 Å². The average Bonchev–Trinajstić information content (AvgIpc) is 2.27. The summed E-state index contributed by atoms with van der Waals surface area (Å²) >= 11 is 9.30. The summed E-state index contributed by atoms with van der Waals surface area (Å²) in [5, 5.41) is 6.47. The fraction of sp³-hybridized carbons (Fsp3) is 0.462. The molecule has 0 aromatic heterocycles. The van der Waals surface area contributed by atoms with Gasteiger partial charge < -0.3 is 15.4 Å². The molecule has 1 aromatic rings. The number of amides is 1. The summed E-state index contributed by atoms with van der Waals surface area (Å²) in [5.74, 6) is 0. The molecule has 0 spiro atoms. The lowest BCUT2D eigenvalue weighted by Gasteiger charge is -2.19. The molecular weight excluding hydrogens is 332 g/mol. The van der Waals surface area contributed by atoms with Gasteiger partial charge >= 0.3 is 6.09 Å². The Morgan fingerprint density at radius 1 is 1.37 bits per heavy atom. The lowest BCUT2D eigenvalue weighted by atomic mass is 10.2. The zero-order valence-corrected chi connectivity index (χ0v) is 13.6. The van der Waals surface area contributed by atoms with Gasteiger partial charge in [-0.05, 0) is 54.9 Å².